The highest BCUT2D eigenvalue weighted by molar-refractivity contribution is 5.91. The van der Waals surface area contributed by atoms with E-state index in [0.717, 1.165) is 0 Å². The van der Waals surface area contributed by atoms with Crippen molar-refractivity contribution in [2.75, 3.05) is 33.2 Å². The molecule has 0 unspecified atom stereocenters. The molecule has 6 nitrogen and oxygen atoms in total. The Morgan fingerprint density at radius 2 is 1.88 bits per heavy atom. The van der Waals surface area contributed by atoms with Gasteiger partial charge in [0.15, 0.2) is 5.76 Å². The molecule has 17 heavy (non-hydrogen) atoms. The molecule has 1 N–H and O–H groups in total. The summed E-state index contributed by atoms with van der Waals surface area (Å²) in [6.45, 7) is 2.16. The van der Waals surface area contributed by atoms with E-state index in [4.69, 9.17) is 4.42 Å². The lowest BCUT2D eigenvalue weighted by molar-refractivity contribution is 0.0635. The third-order valence-corrected chi connectivity index (χ3v) is 2.80. The molecule has 92 valence electrons. The van der Waals surface area contributed by atoms with Gasteiger partial charge in [0, 0.05) is 33.2 Å². The predicted octanol–water partition coefficient (Wildman–Crippen LogP) is 0.377. The molecule has 1 saturated heterocycles. The van der Waals surface area contributed by atoms with Crippen molar-refractivity contribution < 1.29 is 14.0 Å². The van der Waals surface area contributed by atoms with Crippen LogP contribution in [0.1, 0.15) is 10.6 Å². The van der Waals surface area contributed by atoms with Crippen molar-refractivity contribution in [2.24, 2.45) is 0 Å². The number of nitrogens with zero attached hydrogens (tertiary/aromatic N) is 2. The summed E-state index contributed by atoms with van der Waals surface area (Å²) in [6.07, 6.45) is 1.48. The largest absolute Gasteiger partial charge is 0.459 e. The maximum atomic E-state index is 11.9. The maximum Gasteiger partial charge on any atom is 0.317 e. The summed E-state index contributed by atoms with van der Waals surface area (Å²) in [5.74, 6) is 0.227. The van der Waals surface area contributed by atoms with Crippen LogP contribution in [-0.2, 0) is 0 Å². The minimum atomic E-state index is -0.119. The van der Waals surface area contributed by atoms with E-state index in [9.17, 15) is 9.59 Å². The van der Waals surface area contributed by atoms with Gasteiger partial charge < -0.3 is 19.5 Å². The Bertz CT molecular complexity index is 394. The zero-order valence-corrected chi connectivity index (χ0v) is 9.68. The summed E-state index contributed by atoms with van der Waals surface area (Å²) in [6, 6.07) is 3.23. The van der Waals surface area contributed by atoms with Gasteiger partial charge in [0.25, 0.3) is 5.91 Å². The molecule has 0 aromatic carbocycles. The quantitative estimate of drug-likeness (QED) is 0.767. The molecule has 1 aromatic rings. The van der Waals surface area contributed by atoms with Gasteiger partial charge in [-0.2, -0.15) is 0 Å². The van der Waals surface area contributed by atoms with Crippen molar-refractivity contribution in [1.29, 1.82) is 0 Å². The highest BCUT2D eigenvalue weighted by atomic mass is 16.3. The molecule has 0 atom stereocenters. The molecular weight excluding hydrogens is 222 g/mol. The average molecular weight is 237 g/mol. The first-order chi connectivity index (χ1) is 8.22. The van der Waals surface area contributed by atoms with Crippen molar-refractivity contribution >= 4 is 11.9 Å². The lowest BCUT2D eigenvalue weighted by Crippen LogP contribution is -2.52. The fourth-order valence-electron chi connectivity index (χ4n) is 1.83. The summed E-state index contributed by atoms with van der Waals surface area (Å²) >= 11 is 0. The number of furan rings is 1. The molecule has 2 heterocycles. The molecular formula is C11H15N3O3. The van der Waals surface area contributed by atoms with E-state index >= 15 is 0 Å². The van der Waals surface area contributed by atoms with Crippen LogP contribution in [-0.4, -0.2) is 55.0 Å². The lowest BCUT2D eigenvalue weighted by atomic mass is 10.3. The normalized spacial score (nSPS) is 15.8. The van der Waals surface area contributed by atoms with Crippen LogP contribution >= 0.6 is 0 Å². The van der Waals surface area contributed by atoms with Gasteiger partial charge in [-0.25, -0.2) is 4.79 Å². The third-order valence-electron chi connectivity index (χ3n) is 2.80. The van der Waals surface area contributed by atoms with Crippen LogP contribution in [0, 0.1) is 0 Å². The monoisotopic (exact) mass is 237 g/mol. The van der Waals surface area contributed by atoms with E-state index in [2.05, 4.69) is 5.32 Å². The molecule has 1 aromatic heterocycles. The molecule has 1 aliphatic rings. The summed E-state index contributed by atoms with van der Waals surface area (Å²) in [5.41, 5.74) is 0. The minimum Gasteiger partial charge on any atom is -0.459 e. The average Bonchev–Trinajstić information content (AvgIpc) is 2.91. The first-order valence-electron chi connectivity index (χ1n) is 5.52. The standard InChI is InChI=1S/C11H15N3O3/c1-12-11(16)14-6-4-13(5-7-14)10(15)9-3-2-8-17-9/h2-3,8H,4-7H2,1H3,(H,12,16). The Balaban J connectivity index is 1.91. The van der Waals surface area contributed by atoms with Gasteiger partial charge in [-0.3, -0.25) is 4.79 Å². The van der Waals surface area contributed by atoms with E-state index in [1.807, 2.05) is 0 Å². The van der Waals surface area contributed by atoms with Crippen LogP contribution in [0.25, 0.3) is 0 Å². The highest BCUT2D eigenvalue weighted by Gasteiger charge is 2.25. The maximum absolute atomic E-state index is 11.9. The smallest absolute Gasteiger partial charge is 0.317 e. The zero-order valence-electron chi connectivity index (χ0n) is 9.68. The zero-order chi connectivity index (χ0) is 12.3. The van der Waals surface area contributed by atoms with Crippen molar-refractivity contribution in [3.63, 3.8) is 0 Å². The number of rotatable bonds is 1. The Kier molecular flexibility index (Phi) is 3.32. The topological polar surface area (TPSA) is 65.8 Å². The number of amides is 3. The number of carbonyl (C=O) groups excluding carboxylic acids is 2. The second kappa shape index (κ2) is 4.90. The van der Waals surface area contributed by atoms with Crippen molar-refractivity contribution in [3.8, 4) is 0 Å². The summed E-state index contributed by atoms with van der Waals surface area (Å²) in [7, 11) is 1.60. The van der Waals surface area contributed by atoms with Crippen molar-refractivity contribution in [1.82, 2.24) is 15.1 Å². The van der Waals surface area contributed by atoms with Crippen LogP contribution in [0.5, 0.6) is 0 Å². The van der Waals surface area contributed by atoms with Crippen molar-refractivity contribution in [3.05, 3.63) is 24.2 Å². The fourth-order valence-corrected chi connectivity index (χ4v) is 1.83. The minimum absolute atomic E-state index is 0.102. The van der Waals surface area contributed by atoms with Crippen LogP contribution < -0.4 is 5.32 Å². The number of carbonyl (C=O) groups is 2. The third kappa shape index (κ3) is 2.41. The summed E-state index contributed by atoms with van der Waals surface area (Å²) in [4.78, 5) is 26.7. The highest BCUT2D eigenvalue weighted by Crippen LogP contribution is 2.09. The molecule has 0 saturated carbocycles. The van der Waals surface area contributed by atoms with Crippen LogP contribution in [0.2, 0.25) is 0 Å². The first kappa shape index (κ1) is 11.5. The van der Waals surface area contributed by atoms with Crippen LogP contribution in [0.3, 0.4) is 0 Å². The number of piperazine rings is 1. The van der Waals surface area contributed by atoms with E-state index in [1.54, 1.807) is 29.0 Å². The van der Waals surface area contributed by atoms with E-state index in [-0.39, 0.29) is 11.9 Å². The molecule has 1 aliphatic heterocycles. The Labute approximate surface area is 99.2 Å². The van der Waals surface area contributed by atoms with Gasteiger partial charge >= 0.3 is 6.03 Å². The number of urea groups is 1. The molecule has 1 fully saturated rings. The van der Waals surface area contributed by atoms with Gasteiger partial charge in [-0.05, 0) is 12.1 Å². The van der Waals surface area contributed by atoms with E-state index < -0.39 is 0 Å². The van der Waals surface area contributed by atoms with E-state index in [1.165, 1.54) is 6.26 Å². The van der Waals surface area contributed by atoms with Crippen molar-refractivity contribution in [2.45, 2.75) is 0 Å². The molecule has 6 heteroatoms. The number of hydrogen-bond acceptors (Lipinski definition) is 3. The van der Waals surface area contributed by atoms with E-state index in [0.29, 0.717) is 31.9 Å². The number of hydrogen-bond donors (Lipinski definition) is 1. The first-order valence-corrected chi connectivity index (χ1v) is 5.52. The predicted molar refractivity (Wildman–Crippen MR) is 60.6 cm³/mol. The molecule has 0 aliphatic carbocycles. The second-order valence-electron chi connectivity index (χ2n) is 3.81. The second-order valence-corrected chi connectivity index (χ2v) is 3.81. The number of nitrogens with one attached hydrogen (secondary N) is 1. The lowest BCUT2D eigenvalue weighted by Gasteiger charge is -2.33. The Morgan fingerprint density at radius 1 is 1.24 bits per heavy atom. The summed E-state index contributed by atoms with van der Waals surface area (Å²) < 4.78 is 5.06. The Hall–Kier alpha value is -1.98. The SMILES string of the molecule is CNC(=O)N1CCN(C(=O)c2ccco2)CC1. The molecule has 3 amide bonds. The molecule has 0 bridgehead atoms. The van der Waals surface area contributed by atoms with Gasteiger partial charge in [-0.1, -0.05) is 0 Å². The Morgan fingerprint density at radius 3 is 2.41 bits per heavy atom. The molecule has 0 spiro atoms. The molecule has 2 rings (SSSR count). The summed E-state index contributed by atoms with van der Waals surface area (Å²) in [5, 5.41) is 2.57. The molecule has 0 radical (unpaired) electrons. The van der Waals surface area contributed by atoms with Crippen LogP contribution in [0.15, 0.2) is 22.8 Å². The fraction of sp³-hybridized carbons (Fsp3) is 0.455. The van der Waals surface area contributed by atoms with Gasteiger partial charge in [0.1, 0.15) is 0 Å². The van der Waals surface area contributed by atoms with Gasteiger partial charge in [0.2, 0.25) is 0 Å². The van der Waals surface area contributed by atoms with Gasteiger partial charge in [0.05, 0.1) is 6.26 Å². The van der Waals surface area contributed by atoms with Gasteiger partial charge in [-0.15, -0.1) is 0 Å². The van der Waals surface area contributed by atoms with Crippen LogP contribution in [0.4, 0.5) is 4.79 Å².